The summed E-state index contributed by atoms with van der Waals surface area (Å²) in [5.74, 6) is 0.279. The van der Waals surface area contributed by atoms with E-state index >= 15 is 0 Å². The minimum atomic E-state index is -0.115. The molecule has 58 valence electrons. The van der Waals surface area contributed by atoms with Crippen LogP contribution in [-0.2, 0) is 9.53 Å². The van der Waals surface area contributed by atoms with E-state index in [1.807, 2.05) is 6.08 Å². The molecule has 1 heterocycles. The normalized spacial score (nSPS) is 28.8. The zero-order chi connectivity index (χ0) is 7.84. The molecule has 2 rings (SSSR count). The largest absolute Gasteiger partial charge is 0.458 e. The SMILES string of the molecule is CC1C=CCC2=C1COC2=O. The van der Waals surface area contributed by atoms with Gasteiger partial charge in [0.05, 0.1) is 0 Å². The number of hydrogen-bond donors (Lipinski definition) is 0. The standard InChI is InChI=1S/C9H10O2/c1-6-3-2-4-7-8(6)5-11-9(7)10/h2-3,6H,4-5H2,1H3. The van der Waals surface area contributed by atoms with Crippen LogP contribution >= 0.6 is 0 Å². The summed E-state index contributed by atoms with van der Waals surface area (Å²) in [6.45, 7) is 2.60. The summed E-state index contributed by atoms with van der Waals surface area (Å²) in [7, 11) is 0. The molecule has 0 spiro atoms. The summed E-state index contributed by atoms with van der Waals surface area (Å²) >= 11 is 0. The number of carbonyl (C=O) groups is 1. The molecule has 1 unspecified atom stereocenters. The van der Waals surface area contributed by atoms with E-state index in [1.165, 1.54) is 5.57 Å². The van der Waals surface area contributed by atoms with Gasteiger partial charge in [-0.2, -0.15) is 0 Å². The van der Waals surface area contributed by atoms with Crippen molar-refractivity contribution in [2.24, 2.45) is 5.92 Å². The summed E-state index contributed by atoms with van der Waals surface area (Å²) in [6, 6.07) is 0. The second kappa shape index (κ2) is 2.22. The van der Waals surface area contributed by atoms with Gasteiger partial charge in [-0.05, 0) is 17.9 Å². The first-order valence-corrected chi connectivity index (χ1v) is 3.84. The average molecular weight is 150 g/mol. The lowest BCUT2D eigenvalue weighted by atomic mass is 9.91. The third kappa shape index (κ3) is 0.897. The zero-order valence-electron chi connectivity index (χ0n) is 6.46. The van der Waals surface area contributed by atoms with E-state index in [4.69, 9.17) is 4.74 Å². The molecule has 0 bridgehead atoms. The monoisotopic (exact) mass is 150 g/mol. The van der Waals surface area contributed by atoms with Gasteiger partial charge in [0.1, 0.15) is 6.61 Å². The maximum atomic E-state index is 11.0. The average Bonchev–Trinajstić information content (AvgIpc) is 2.35. The minimum absolute atomic E-state index is 0.115. The van der Waals surface area contributed by atoms with Crippen molar-refractivity contribution in [2.75, 3.05) is 6.61 Å². The van der Waals surface area contributed by atoms with Crippen molar-refractivity contribution in [2.45, 2.75) is 13.3 Å². The summed E-state index contributed by atoms with van der Waals surface area (Å²) in [5, 5.41) is 0. The van der Waals surface area contributed by atoms with Gasteiger partial charge in [0.15, 0.2) is 0 Å². The predicted molar refractivity (Wildman–Crippen MR) is 40.9 cm³/mol. The first-order chi connectivity index (χ1) is 5.29. The Labute approximate surface area is 65.5 Å². The van der Waals surface area contributed by atoms with Crippen molar-refractivity contribution >= 4 is 5.97 Å². The third-order valence-electron chi connectivity index (χ3n) is 2.29. The van der Waals surface area contributed by atoms with Crippen molar-refractivity contribution in [3.05, 3.63) is 23.3 Å². The molecular formula is C9H10O2. The number of esters is 1. The molecule has 2 aliphatic rings. The summed E-state index contributed by atoms with van der Waals surface area (Å²) in [5.41, 5.74) is 2.07. The molecule has 0 aromatic rings. The maximum absolute atomic E-state index is 11.0. The van der Waals surface area contributed by atoms with E-state index in [1.54, 1.807) is 0 Å². The predicted octanol–water partition coefficient (Wildman–Crippen LogP) is 1.44. The van der Waals surface area contributed by atoms with Crippen LogP contribution in [0.15, 0.2) is 23.3 Å². The first kappa shape index (κ1) is 6.65. The number of cyclic esters (lactones) is 1. The smallest absolute Gasteiger partial charge is 0.334 e. The Hall–Kier alpha value is -1.05. The molecule has 0 aromatic heterocycles. The molecule has 0 aromatic carbocycles. The van der Waals surface area contributed by atoms with Crippen LogP contribution in [0.2, 0.25) is 0 Å². The highest BCUT2D eigenvalue weighted by Crippen LogP contribution is 2.29. The third-order valence-corrected chi connectivity index (χ3v) is 2.29. The molecule has 1 aliphatic heterocycles. The van der Waals surface area contributed by atoms with Gasteiger partial charge >= 0.3 is 5.97 Å². The lowest BCUT2D eigenvalue weighted by Gasteiger charge is -2.11. The Morgan fingerprint density at radius 1 is 1.64 bits per heavy atom. The van der Waals surface area contributed by atoms with Crippen molar-refractivity contribution in [1.29, 1.82) is 0 Å². The van der Waals surface area contributed by atoms with Gasteiger partial charge in [0, 0.05) is 5.57 Å². The minimum Gasteiger partial charge on any atom is -0.458 e. The molecule has 0 saturated heterocycles. The number of ether oxygens (including phenoxy) is 1. The molecular weight excluding hydrogens is 140 g/mol. The highest BCUT2D eigenvalue weighted by atomic mass is 16.5. The van der Waals surface area contributed by atoms with E-state index in [-0.39, 0.29) is 5.97 Å². The molecule has 0 radical (unpaired) electrons. The fourth-order valence-corrected chi connectivity index (χ4v) is 1.58. The summed E-state index contributed by atoms with van der Waals surface area (Å²) in [6.07, 6.45) is 4.93. The Kier molecular flexibility index (Phi) is 1.34. The molecule has 0 N–H and O–H groups in total. The Bertz CT molecular complexity index is 261. The van der Waals surface area contributed by atoms with Gasteiger partial charge in [0.25, 0.3) is 0 Å². The van der Waals surface area contributed by atoms with E-state index in [0.717, 1.165) is 12.0 Å². The Morgan fingerprint density at radius 3 is 3.18 bits per heavy atom. The second-order valence-corrected chi connectivity index (χ2v) is 3.00. The van der Waals surface area contributed by atoms with Gasteiger partial charge in [-0.25, -0.2) is 4.79 Å². The van der Waals surface area contributed by atoms with Crippen molar-refractivity contribution in [1.82, 2.24) is 0 Å². The van der Waals surface area contributed by atoms with Gasteiger partial charge in [-0.1, -0.05) is 19.1 Å². The number of allylic oxidation sites excluding steroid dienone is 2. The van der Waals surface area contributed by atoms with Crippen molar-refractivity contribution in [3.63, 3.8) is 0 Å². The van der Waals surface area contributed by atoms with Crippen LogP contribution in [-0.4, -0.2) is 12.6 Å². The summed E-state index contributed by atoms with van der Waals surface area (Å²) < 4.78 is 4.92. The molecule has 0 fully saturated rings. The van der Waals surface area contributed by atoms with Gasteiger partial charge in [-0.15, -0.1) is 0 Å². The van der Waals surface area contributed by atoms with Gasteiger partial charge in [0.2, 0.25) is 0 Å². The molecule has 0 amide bonds. The van der Waals surface area contributed by atoms with Crippen LogP contribution < -0.4 is 0 Å². The Balaban J connectivity index is 2.36. The summed E-state index contributed by atoms with van der Waals surface area (Å²) in [4.78, 5) is 11.0. The van der Waals surface area contributed by atoms with Gasteiger partial charge in [-0.3, -0.25) is 0 Å². The molecule has 1 atom stereocenters. The van der Waals surface area contributed by atoms with Crippen LogP contribution in [0.3, 0.4) is 0 Å². The number of rotatable bonds is 0. The van der Waals surface area contributed by atoms with E-state index in [2.05, 4.69) is 13.0 Å². The van der Waals surface area contributed by atoms with E-state index in [9.17, 15) is 4.79 Å². The van der Waals surface area contributed by atoms with Crippen LogP contribution in [0.5, 0.6) is 0 Å². The topological polar surface area (TPSA) is 26.3 Å². The highest BCUT2D eigenvalue weighted by Gasteiger charge is 2.27. The van der Waals surface area contributed by atoms with Crippen molar-refractivity contribution < 1.29 is 9.53 Å². The quantitative estimate of drug-likeness (QED) is 0.386. The van der Waals surface area contributed by atoms with Gasteiger partial charge < -0.3 is 4.74 Å². The highest BCUT2D eigenvalue weighted by molar-refractivity contribution is 5.92. The second-order valence-electron chi connectivity index (χ2n) is 3.00. The molecule has 2 nitrogen and oxygen atoms in total. The van der Waals surface area contributed by atoms with Crippen LogP contribution in [0.25, 0.3) is 0 Å². The van der Waals surface area contributed by atoms with E-state index in [0.29, 0.717) is 12.5 Å². The maximum Gasteiger partial charge on any atom is 0.334 e. The van der Waals surface area contributed by atoms with Crippen LogP contribution in [0.1, 0.15) is 13.3 Å². The van der Waals surface area contributed by atoms with Crippen molar-refractivity contribution in [3.8, 4) is 0 Å². The van der Waals surface area contributed by atoms with E-state index < -0.39 is 0 Å². The molecule has 1 aliphatic carbocycles. The number of carbonyl (C=O) groups excluding carboxylic acids is 1. The fourth-order valence-electron chi connectivity index (χ4n) is 1.58. The number of hydrogen-bond acceptors (Lipinski definition) is 2. The fraction of sp³-hybridized carbons (Fsp3) is 0.444. The molecule has 11 heavy (non-hydrogen) atoms. The Morgan fingerprint density at radius 2 is 2.45 bits per heavy atom. The molecule has 0 saturated carbocycles. The first-order valence-electron chi connectivity index (χ1n) is 3.84. The van der Waals surface area contributed by atoms with Crippen LogP contribution in [0, 0.1) is 5.92 Å². The lowest BCUT2D eigenvalue weighted by molar-refractivity contribution is -0.136. The zero-order valence-corrected chi connectivity index (χ0v) is 6.46. The lowest BCUT2D eigenvalue weighted by Crippen LogP contribution is -2.04. The molecule has 2 heteroatoms. The van der Waals surface area contributed by atoms with Crippen LogP contribution in [0.4, 0.5) is 0 Å².